The Labute approximate surface area is 148 Å². The predicted octanol–water partition coefficient (Wildman–Crippen LogP) is 5.41. The van der Waals surface area contributed by atoms with Crippen LogP contribution in [0, 0.1) is 0 Å². The van der Waals surface area contributed by atoms with E-state index in [-0.39, 0.29) is 10.8 Å². The Morgan fingerprint density at radius 2 is 1.62 bits per heavy atom. The lowest BCUT2D eigenvalue weighted by molar-refractivity contribution is 0.362. The Balaban J connectivity index is 2.33. The topological polar surface area (TPSA) is 22.4 Å². The van der Waals surface area contributed by atoms with Gasteiger partial charge in [-0.25, -0.2) is 0 Å². The quantitative estimate of drug-likeness (QED) is 0.692. The van der Waals surface area contributed by atoms with Gasteiger partial charge in [-0.2, -0.15) is 0 Å². The van der Waals surface area contributed by atoms with E-state index >= 15 is 0 Å². The third-order valence-electron chi connectivity index (χ3n) is 4.43. The Morgan fingerprint density at radius 1 is 0.958 bits per heavy atom. The summed E-state index contributed by atoms with van der Waals surface area (Å²) in [6.45, 7) is 18.0. The fraction of sp³-hybridized carbons (Fsp3) is 0.524. The lowest BCUT2D eigenvalue weighted by atomic mass is 9.81. The van der Waals surface area contributed by atoms with Crippen molar-refractivity contribution in [1.29, 1.82) is 0 Å². The van der Waals surface area contributed by atoms with E-state index in [1.165, 1.54) is 11.1 Å². The molecule has 0 fully saturated rings. The maximum absolute atomic E-state index is 6.39. The van der Waals surface area contributed by atoms with Gasteiger partial charge in [0.15, 0.2) is 8.07 Å². The highest BCUT2D eigenvalue weighted by atomic mass is 28.3. The van der Waals surface area contributed by atoms with Gasteiger partial charge in [0.1, 0.15) is 5.75 Å². The molecule has 1 heterocycles. The van der Waals surface area contributed by atoms with E-state index in [0.29, 0.717) is 0 Å². The van der Waals surface area contributed by atoms with Crippen LogP contribution in [0.25, 0.3) is 0 Å². The van der Waals surface area contributed by atoms with E-state index in [1.807, 2.05) is 6.07 Å². The summed E-state index contributed by atoms with van der Waals surface area (Å²) in [6.07, 6.45) is 2.47. The molecule has 0 unspecified atom stereocenters. The standard InChI is InChI=1S/C21H32O2Si/c1-20(2,3)16-11-12-17(21(4,5)6)18(14-16)23-15-24(7,8)19-10-9-13-22-19/h9-14H,15H2,1-8H3. The zero-order valence-electron chi connectivity index (χ0n) is 16.5. The molecule has 0 bridgehead atoms. The van der Waals surface area contributed by atoms with Gasteiger partial charge >= 0.3 is 0 Å². The minimum absolute atomic E-state index is 0.0577. The molecule has 0 radical (unpaired) electrons. The molecular formula is C21H32O2Si. The third kappa shape index (κ3) is 4.32. The maximum atomic E-state index is 6.39. The average Bonchev–Trinajstić information content (AvgIpc) is 2.98. The number of rotatable bonds is 4. The second kappa shape index (κ2) is 6.44. The van der Waals surface area contributed by atoms with E-state index < -0.39 is 8.07 Å². The molecule has 1 aromatic carbocycles. The van der Waals surface area contributed by atoms with Crippen LogP contribution >= 0.6 is 0 Å². The highest BCUT2D eigenvalue weighted by Crippen LogP contribution is 2.35. The second-order valence-electron chi connectivity index (χ2n) is 9.36. The number of hydrogen-bond acceptors (Lipinski definition) is 2. The molecular weight excluding hydrogens is 312 g/mol. The van der Waals surface area contributed by atoms with Crippen LogP contribution in [-0.2, 0) is 10.8 Å². The summed E-state index contributed by atoms with van der Waals surface area (Å²) < 4.78 is 12.0. The molecule has 24 heavy (non-hydrogen) atoms. The number of benzene rings is 1. The van der Waals surface area contributed by atoms with Crippen molar-refractivity contribution in [2.75, 3.05) is 6.23 Å². The fourth-order valence-corrected chi connectivity index (χ4v) is 4.31. The average molecular weight is 345 g/mol. The van der Waals surface area contributed by atoms with E-state index in [0.717, 1.165) is 17.4 Å². The van der Waals surface area contributed by atoms with Gasteiger partial charge < -0.3 is 9.15 Å². The summed E-state index contributed by atoms with van der Waals surface area (Å²) in [7, 11) is -1.74. The van der Waals surface area contributed by atoms with E-state index in [4.69, 9.17) is 9.15 Å². The molecule has 3 heteroatoms. The summed E-state index contributed by atoms with van der Waals surface area (Å²) >= 11 is 0. The SMILES string of the molecule is CC(C)(C)c1ccc(C(C)(C)C)c(OC[Si](C)(C)c2ccco2)c1. The highest BCUT2D eigenvalue weighted by molar-refractivity contribution is 6.88. The minimum atomic E-state index is -1.74. The van der Waals surface area contributed by atoms with Crippen LogP contribution in [0.2, 0.25) is 13.1 Å². The van der Waals surface area contributed by atoms with Gasteiger partial charge in [-0.05, 0) is 40.2 Å². The van der Waals surface area contributed by atoms with Crippen molar-refractivity contribution >= 4 is 13.5 Å². The van der Waals surface area contributed by atoms with Crippen molar-refractivity contribution in [2.45, 2.75) is 65.5 Å². The first-order valence-electron chi connectivity index (χ1n) is 8.73. The second-order valence-corrected chi connectivity index (χ2v) is 13.9. The molecule has 0 aliphatic heterocycles. The van der Waals surface area contributed by atoms with Crippen LogP contribution in [-0.4, -0.2) is 14.3 Å². The van der Waals surface area contributed by atoms with Gasteiger partial charge in [0.2, 0.25) is 0 Å². The summed E-state index contributed by atoms with van der Waals surface area (Å²) in [5, 5.41) is 1.09. The van der Waals surface area contributed by atoms with Crippen LogP contribution in [0.1, 0.15) is 52.7 Å². The molecule has 0 saturated heterocycles. The molecule has 0 aliphatic carbocycles. The fourth-order valence-electron chi connectivity index (χ4n) is 2.72. The first kappa shape index (κ1) is 18.8. The maximum Gasteiger partial charge on any atom is 0.168 e. The van der Waals surface area contributed by atoms with Gasteiger partial charge in [0, 0.05) is 0 Å². The number of furan rings is 1. The van der Waals surface area contributed by atoms with Crippen molar-refractivity contribution in [1.82, 2.24) is 0 Å². The van der Waals surface area contributed by atoms with Crippen LogP contribution in [0.15, 0.2) is 41.0 Å². The van der Waals surface area contributed by atoms with Gasteiger partial charge in [0.25, 0.3) is 0 Å². The largest absolute Gasteiger partial charge is 0.496 e. The van der Waals surface area contributed by atoms with E-state index in [2.05, 4.69) is 78.9 Å². The minimum Gasteiger partial charge on any atom is -0.496 e. The molecule has 2 rings (SSSR count). The summed E-state index contributed by atoms with van der Waals surface area (Å²) in [4.78, 5) is 0. The van der Waals surface area contributed by atoms with Crippen molar-refractivity contribution in [3.63, 3.8) is 0 Å². The molecule has 0 atom stereocenters. The van der Waals surface area contributed by atoms with Crippen LogP contribution < -0.4 is 10.1 Å². The molecule has 0 saturated carbocycles. The molecule has 0 amide bonds. The normalized spacial score (nSPS) is 13.2. The van der Waals surface area contributed by atoms with Gasteiger partial charge in [-0.15, -0.1) is 0 Å². The van der Waals surface area contributed by atoms with Gasteiger partial charge in [0.05, 0.1) is 17.9 Å². The van der Waals surface area contributed by atoms with Crippen LogP contribution in [0.5, 0.6) is 5.75 Å². The molecule has 1 aromatic heterocycles. The lowest BCUT2D eigenvalue weighted by Crippen LogP contribution is -2.46. The molecule has 0 N–H and O–H groups in total. The zero-order valence-corrected chi connectivity index (χ0v) is 17.5. The predicted molar refractivity (Wildman–Crippen MR) is 105 cm³/mol. The molecule has 0 spiro atoms. The first-order valence-corrected chi connectivity index (χ1v) is 11.9. The van der Waals surface area contributed by atoms with E-state index in [9.17, 15) is 0 Å². The Bertz CT molecular complexity index is 671. The van der Waals surface area contributed by atoms with Crippen molar-refractivity contribution in [3.8, 4) is 5.75 Å². The zero-order chi connectivity index (χ0) is 18.2. The monoisotopic (exact) mass is 344 g/mol. The molecule has 2 nitrogen and oxygen atoms in total. The smallest absolute Gasteiger partial charge is 0.168 e. The molecule has 132 valence electrons. The number of ether oxygens (including phenoxy) is 1. The summed E-state index contributed by atoms with van der Waals surface area (Å²) in [6, 6.07) is 10.7. The Hall–Kier alpha value is -1.48. The lowest BCUT2D eigenvalue weighted by Gasteiger charge is -2.28. The number of hydrogen-bond donors (Lipinski definition) is 0. The Kier molecular flexibility index (Phi) is 5.05. The van der Waals surface area contributed by atoms with Crippen molar-refractivity contribution < 1.29 is 9.15 Å². The van der Waals surface area contributed by atoms with Crippen LogP contribution in [0.3, 0.4) is 0 Å². The highest BCUT2D eigenvalue weighted by Gasteiger charge is 2.30. The molecule has 2 aromatic rings. The molecule has 0 aliphatic rings. The van der Waals surface area contributed by atoms with Gasteiger partial charge in [-0.3, -0.25) is 0 Å². The third-order valence-corrected chi connectivity index (χ3v) is 6.92. The Morgan fingerprint density at radius 3 is 2.12 bits per heavy atom. The van der Waals surface area contributed by atoms with Crippen molar-refractivity contribution in [2.24, 2.45) is 0 Å². The first-order chi connectivity index (χ1) is 10.9. The van der Waals surface area contributed by atoms with Crippen LogP contribution in [0.4, 0.5) is 0 Å². The van der Waals surface area contributed by atoms with Gasteiger partial charge in [-0.1, -0.05) is 66.8 Å². The summed E-state index contributed by atoms with van der Waals surface area (Å²) in [5.74, 6) is 1.02. The van der Waals surface area contributed by atoms with Crippen molar-refractivity contribution in [3.05, 3.63) is 47.7 Å². The summed E-state index contributed by atoms with van der Waals surface area (Å²) in [5.41, 5.74) is 2.74. The van der Waals surface area contributed by atoms with E-state index in [1.54, 1.807) is 6.26 Å².